The van der Waals surface area contributed by atoms with Crippen LogP contribution in [0.25, 0.3) is 11.4 Å². The van der Waals surface area contributed by atoms with Crippen molar-refractivity contribution < 1.29 is 23.5 Å². The summed E-state index contributed by atoms with van der Waals surface area (Å²) < 4.78 is 20.8. The SMILES string of the molecule is COc1ccc(-c2noc(CCC(=O)NC[C@@H]3CCOCO3)n2)cc1. The number of carbonyl (C=O) groups is 1. The number of hydrogen-bond acceptors (Lipinski definition) is 7. The fraction of sp³-hybridized carbons (Fsp3) is 0.471. The predicted molar refractivity (Wildman–Crippen MR) is 87.9 cm³/mol. The Morgan fingerprint density at radius 3 is 2.92 bits per heavy atom. The molecule has 1 N–H and O–H groups in total. The lowest BCUT2D eigenvalue weighted by atomic mass is 10.2. The standard InChI is InChI=1S/C17H21N3O5/c1-22-13-4-2-12(3-5-13)17-19-16(25-20-17)7-6-15(21)18-10-14-8-9-23-11-24-14/h2-5,14H,6-11H2,1H3,(H,18,21)/t14-/m0/s1. The molecule has 1 aliphatic heterocycles. The lowest BCUT2D eigenvalue weighted by Gasteiger charge is -2.22. The Morgan fingerprint density at radius 1 is 1.36 bits per heavy atom. The second kappa shape index (κ2) is 8.59. The number of benzene rings is 1. The highest BCUT2D eigenvalue weighted by atomic mass is 16.7. The summed E-state index contributed by atoms with van der Waals surface area (Å²) in [6, 6.07) is 7.37. The summed E-state index contributed by atoms with van der Waals surface area (Å²) in [5, 5.41) is 6.80. The smallest absolute Gasteiger partial charge is 0.227 e. The van der Waals surface area contributed by atoms with Crippen molar-refractivity contribution in [1.29, 1.82) is 0 Å². The highest BCUT2D eigenvalue weighted by Crippen LogP contribution is 2.20. The van der Waals surface area contributed by atoms with E-state index in [-0.39, 0.29) is 25.2 Å². The van der Waals surface area contributed by atoms with Gasteiger partial charge in [-0.1, -0.05) is 5.16 Å². The summed E-state index contributed by atoms with van der Waals surface area (Å²) >= 11 is 0. The average Bonchev–Trinajstić information content (AvgIpc) is 3.14. The minimum Gasteiger partial charge on any atom is -0.497 e. The maximum atomic E-state index is 11.9. The molecule has 0 spiro atoms. The second-order valence-corrected chi connectivity index (χ2v) is 5.65. The summed E-state index contributed by atoms with van der Waals surface area (Å²) in [5.74, 6) is 1.62. The zero-order chi connectivity index (χ0) is 17.5. The molecule has 1 fully saturated rings. The van der Waals surface area contributed by atoms with Crippen molar-refractivity contribution in [3.05, 3.63) is 30.2 Å². The molecular weight excluding hydrogens is 326 g/mol. The van der Waals surface area contributed by atoms with Gasteiger partial charge in [0.25, 0.3) is 0 Å². The van der Waals surface area contributed by atoms with Crippen LogP contribution in [0.2, 0.25) is 0 Å². The van der Waals surface area contributed by atoms with Crippen molar-refractivity contribution in [3.8, 4) is 17.1 Å². The molecule has 1 saturated heterocycles. The molecule has 0 aliphatic carbocycles. The van der Waals surface area contributed by atoms with Crippen molar-refractivity contribution in [3.63, 3.8) is 0 Å². The van der Waals surface area contributed by atoms with Gasteiger partial charge >= 0.3 is 0 Å². The average molecular weight is 347 g/mol. The van der Waals surface area contributed by atoms with Gasteiger partial charge in [-0.3, -0.25) is 4.79 Å². The zero-order valence-electron chi connectivity index (χ0n) is 14.1. The highest BCUT2D eigenvalue weighted by Gasteiger charge is 2.16. The first kappa shape index (κ1) is 17.4. The summed E-state index contributed by atoms with van der Waals surface area (Å²) in [7, 11) is 1.61. The molecule has 134 valence electrons. The number of nitrogens with zero attached hydrogens (tertiary/aromatic N) is 2. The van der Waals surface area contributed by atoms with Gasteiger partial charge in [0.15, 0.2) is 0 Å². The molecule has 0 unspecified atom stereocenters. The quantitative estimate of drug-likeness (QED) is 0.812. The Bertz CT molecular complexity index is 680. The number of ether oxygens (including phenoxy) is 3. The van der Waals surface area contributed by atoms with Crippen molar-refractivity contribution in [2.45, 2.75) is 25.4 Å². The number of methoxy groups -OCH3 is 1. The summed E-state index contributed by atoms with van der Waals surface area (Å²) in [6.07, 6.45) is 1.48. The number of hydrogen-bond donors (Lipinski definition) is 1. The van der Waals surface area contributed by atoms with Gasteiger partial charge < -0.3 is 24.1 Å². The van der Waals surface area contributed by atoms with Gasteiger partial charge in [0.2, 0.25) is 17.6 Å². The maximum absolute atomic E-state index is 11.9. The molecule has 1 aromatic carbocycles. The van der Waals surface area contributed by atoms with E-state index in [0.29, 0.717) is 31.3 Å². The van der Waals surface area contributed by atoms with E-state index in [1.54, 1.807) is 7.11 Å². The van der Waals surface area contributed by atoms with Gasteiger partial charge in [-0.25, -0.2) is 0 Å². The molecule has 2 heterocycles. The van der Waals surface area contributed by atoms with E-state index in [1.165, 1.54) is 0 Å². The molecule has 1 aromatic heterocycles. The third kappa shape index (κ3) is 5.01. The third-order valence-electron chi connectivity index (χ3n) is 3.88. The van der Waals surface area contributed by atoms with Crippen molar-refractivity contribution in [2.75, 3.05) is 27.1 Å². The Kier molecular flexibility index (Phi) is 5.97. The van der Waals surface area contributed by atoms with Crippen molar-refractivity contribution >= 4 is 5.91 Å². The maximum Gasteiger partial charge on any atom is 0.227 e. The first-order valence-corrected chi connectivity index (χ1v) is 8.17. The van der Waals surface area contributed by atoms with Gasteiger partial charge in [0, 0.05) is 24.9 Å². The summed E-state index contributed by atoms with van der Waals surface area (Å²) in [6.45, 7) is 1.44. The second-order valence-electron chi connectivity index (χ2n) is 5.65. The lowest BCUT2D eigenvalue weighted by molar-refractivity contribution is -0.141. The van der Waals surface area contributed by atoms with Gasteiger partial charge in [-0.2, -0.15) is 4.98 Å². The number of aromatic nitrogens is 2. The van der Waals surface area contributed by atoms with Crippen LogP contribution in [0.15, 0.2) is 28.8 Å². The van der Waals surface area contributed by atoms with Crippen molar-refractivity contribution in [1.82, 2.24) is 15.5 Å². The molecule has 0 saturated carbocycles. The van der Waals surface area contributed by atoms with Crippen molar-refractivity contribution in [2.24, 2.45) is 0 Å². The Morgan fingerprint density at radius 2 is 2.20 bits per heavy atom. The molecule has 2 aromatic rings. The largest absolute Gasteiger partial charge is 0.497 e. The molecule has 25 heavy (non-hydrogen) atoms. The molecule has 0 bridgehead atoms. The van der Waals surface area contributed by atoms with E-state index in [2.05, 4.69) is 15.5 Å². The van der Waals surface area contributed by atoms with Crippen LogP contribution >= 0.6 is 0 Å². The number of aryl methyl sites for hydroxylation is 1. The van der Waals surface area contributed by atoms with E-state index in [1.807, 2.05) is 24.3 Å². The van der Waals surface area contributed by atoms with E-state index < -0.39 is 0 Å². The minimum atomic E-state index is -0.0701. The first-order valence-electron chi connectivity index (χ1n) is 8.17. The zero-order valence-corrected chi connectivity index (χ0v) is 14.1. The van der Waals surface area contributed by atoms with E-state index >= 15 is 0 Å². The monoisotopic (exact) mass is 347 g/mol. The third-order valence-corrected chi connectivity index (χ3v) is 3.88. The predicted octanol–water partition coefficient (Wildman–Crippen LogP) is 1.56. The number of rotatable bonds is 7. The summed E-state index contributed by atoms with van der Waals surface area (Å²) in [4.78, 5) is 16.2. The van der Waals surface area contributed by atoms with E-state index in [4.69, 9.17) is 18.7 Å². The molecule has 1 amide bonds. The molecular formula is C17H21N3O5. The van der Waals surface area contributed by atoms with Gasteiger partial charge in [0.05, 0.1) is 19.8 Å². The van der Waals surface area contributed by atoms with E-state index in [9.17, 15) is 4.79 Å². The Balaban J connectivity index is 1.45. The lowest BCUT2D eigenvalue weighted by Crippen LogP contribution is -2.37. The molecule has 1 aliphatic rings. The van der Waals surface area contributed by atoms with Crippen LogP contribution in [0.1, 0.15) is 18.7 Å². The molecule has 8 heteroatoms. The fourth-order valence-electron chi connectivity index (χ4n) is 2.41. The number of carbonyl (C=O) groups excluding carboxylic acids is 1. The number of amides is 1. The normalized spacial score (nSPS) is 17.2. The Labute approximate surface area is 145 Å². The van der Waals surface area contributed by atoms with Crippen LogP contribution in [0.4, 0.5) is 0 Å². The van der Waals surface area contributed by atoms with Crippen LogP contribution in [0.5, 0.6) is 5.75 Å². The molecule has 8 nitrogen and oxygen atoms in total. The highest BCUT2D eigenvalue weighted by molar-refractivity contribution is 5.76. The fourth-order valence-corrected chi connectivity index (χ4v) is 2.41. The molecule has 3 rings (SSSR count). The van der Waals surface area contributed by atoms with E-state index in [0.717, 1.165) is 17.7 Å². The molecule has 0 radical (unpaired) electrons. The van der Waals surface area contributed by atoms with Gasteiger partial charge in [0.1, 0.15) is 12.5 Å². The molecule has 1 atom stereocenters. The van der Waals surface area contributed by atoms with Crippen LogP contribution in [0, 0.1) is 0 Å². The van der Waals surface area contributed by atoms with Crippen LogP contribution in [0.3, 0.4) is 0 Å². The Hall–Kier alpha value is -2.45. The van der Waals surface area contributed by atoms with Gasteiger partial charge in [-0.05, 0) is 30.7 Å². The minimum absolute atomic E-state index is 0.0165. The van der Waals surface area contributed by atoms with Crippen LogP contribution in [-0.4, -0.2) is 49.2 Å². The number of nitrogens with one attached hydrogen (secondary N) is 1. The topological polar surface area (TPSA) is 95.7 Å². The van der Waals surface area contributed by atoms with Crippen LogP contribution < -0.4 is 10.1 Å². The van der Waals surface area contributed by atoms with Crippen LogP contribution in [-0.2, 0) is 20.7 Å². The summed E-state index contributed by atoms with van der Waals surface area (Å²) in [5.41, 5.74) is 0.830. The van der Waals surface area contributed by atoms with Gasteiger partial charge in [-0.15, -0.1) is 0 Å². The first-order chi connectivity index (χ1) is 12.2.